The number of hydrogen-bond acceptors (Lipinski definition) is 0. The van der Waals surface area contributed by atoms with Gasteiger partial charge in [-0.15, -0.1) is 0 Å². The fourth-order valence-corrected chi connectivity index (χ4v) is 1.78. The van der Waals surface area contributed by atoms with E-state index in [1.165, 1.54) is 5.57 Å². The molecule has 0 radical (unpaired) electrons. The van der Waals surface area contributed by atoms with Crippen molar-refractivity contribution in [3.8, 4) is 0 Å². The monoisotopic (exact) mass is 236 g/mol. The maximum Gasteiger partial charge on any atom is 0.0922 e. The molecule has 0 aromatic rings. The van der Waals surface area contributed by atoms with Gasteiger partial charge in [-0.2, -0.15) is 0 Å². The minimum absolute atomic E-state index is 0.130. The van der Waals surface area contributed by atoms with Crippen molar-refractivity contribution in [3.63, 3.8) is 0 Å². The second-order valence-electron chi connectivity index (χ2n) is 4.74. The first-order valence-corrected chi connectivity index (χ1v) is 6.24. The van der Waals surface area contributed by atoms with Crippen molar-refractivity contribution in [2.75, 3.05) is 6.67 Å². The van der Waals surface area contributed by atoms with Crippen LogP contribution in [0.3, 0.4) is 0 Å². The van der Waals surface area contributed by atoms with E-state index in [1.807, 2.05) is 25.2 Å². The first-order valence-electron chi connectivity index (χ1n) is 6.24. The van der Waals surface area contributed by atoms with Crippen LogP contribution in [-0.4, -0.2) is 6.67 Å². The Morgan fingerprint density at radius 2 is 1.76 bits per heavy atom. The Labute approximate surface area is 106 Å². The largest absolute Gasteiger partial charge is 0.251 e. The highest BCUT2D eigenvalue weighted by Gasteiger charge is 2.16. The Kier molecular flexibility index (Phi) is 8.39. The molecule has 96 valence electrons. The smallest absolute Gasteiger partial charge is 0.0922 e. The topological polar surface area (TPSA) is 0 Å². The van der Waals surface area contributed by atoms with Gasteiger partial charge >= 0.3 is 0 Å². The van der Waals surface area contributed by atoms with Crippen LogP contribution in [0, 0.1) is 17.8 Å². The highest BCUT2D eigenvalue weighted by Crippen LogP contribution is 2.25. The molecule has 1 heteroatoms. The molecule has 3 unspecified atom stereocenters. The van der Waals surface area contributed by atoms with Gasteiger partial charge in [-0.25, -0.2) is 0 Å². The van der Waals surface area contributed by atoms with Crippen molar-refractivity contribution in [1.29, 1.82) is 0 Å². The quantitative estimate of drug-likeness (QED) is 0.514. The lowest BCUT2D eigenvalue weighted by Crippen LogP contribution is -2.14. The lowest BCUT2D eigenvalue weighted by molar-refractivity contribution is 0.267. The predicted molar refractivity (Wildman–Crippen MR) is 75.7 cm³/mol. The van der Waals surface area contributed by atoms with E-state index in [2.05, 4.69) is 27.0 Å². The second kappa shape index (κ2) is 8.98. The molecule has 0 aliphatic rings. The van der Waals surface area contributed by atoms with Crippen LogP contribution in [0.5, 0.6) is 0 Å². The Bertz CT molecular complexity index is 286. The third-order valence-electron chi connectivity index (χ3n) is 3.24. The van der Waals surface area contributed by atoms with Crippen LogP contribution in [0.1, 0.15) is 27.2 Å². The summed E-state index contributed by atoms with van der Waals surface area (Å²) in [4.78, 5) is 0. The number of allylic oxidation sites excluding steroid dienone is 6. The molecule has 0 N–H and O–H groups in total. The summed E-state index contributed by atoms with van der Waals surface area (Å²) in [6.07, 6.45) is 10.5. The fourth-order valence-electron chi connectivity index (χ4n) is 1.78. The fraction of sp³-hybridized carbons (Fsp3) is 0.500. The first-order chi connectivity index (χ1) is 8.06. The Hall–Kier alpha value is -1.11. The molecule has 0 saturated heterocycles. The van der Waals surface area contributed by atoms with E-state index in [0.29, 0.717) is 11.8 Å². The molecule has 0 spiro atoms. The van der Waals surface area contributed by atoms with Crippen molar-refractivity contribution in [3.05, 3.63) is 49.1 Å². The van der Waals surface area contributed by atoms with Crippen LogP contribution < -0.4 is 0 Å². The van der Waals surface area contributed by atoms with Gasteiger partial charge in [0.25, 0.3) is 0 Å². The van der Waals surface area contributed by atoms with Gasteiger partial charge in [0.1, 0.15) is 0 Å². The summed E-state index contributed by atoms with van der Waals surface area (Å²) in [6, 6.07) is 0. The highest BCUT2D eigenvalue weighted by atomic mass is 19.1. The lowest BCUT2D eigenvalue weighted by Gasteiger charge is -2.22. The van der Waals surface area contributed by atoms with Gasteiger partial charge in [0.15, 0.2) is 0 Å². The van der Waals surface area contributed by atoms with E-state index in [9.17, 15) is 4.39 Å². The van der Waals surface area contributed by atoms with E-state index in [4.69, 9.17) is 0 Å². The molecule has 0 aromatic heterocycles. The molecule has 0 bridgehead atoms. The van der Waals surface area contributed by atoms with Gasteiger partial charge in [-0.3, -0.25) is 4.39 Å². The summed E-state index contributed by atoms with van der Waals surface area (Å²) >= 11 is 0. The van der Waals surface area contributed by atoms with Crippen LogP contribution >= 0.6 is 0 Å². The Balaban J connectivity index is 4.57. The number of rotatable bonds is 8. The van der Waals surface area contributed by atoms with Crippen LogP contribution in [0.15, 0.2) is 49.1 Å². The average Bonchev–Trinajstić information content (AvgIpc) is 2.32. The lowest BCUT2D eigenvalue weighted by atomic mass is 9.84. The van der Waals surface area contributed by atoms with Gasteiger partial charge in [0.05, 0.1) is 6.67 Å². The molecule has 0 aliphatic heterocycles. The van der Waals surface area contributed by atoms with Crippen LogP contribution in [0.25, 0.3) is 0 Å². The van der Waals surface area contributed by atoms with Crippen molar-refractivity contribution in [1.82, 2.24) is 0 Å². The molecule has 3 atom stereocenters. The first kappa shape index (κ1) is 15.9. The number of halogens is 1. The normalized spacial score (nSPS) is 17.8. The van der Waals surface area contributed by atoms with Crippen LogP contribution in [0.4, 0.5) is 4.39 Å². The minimum atomic E-state index is -0.239. The summed E-state index contributed by atoms with van der Waals surface area (Å²) in [5.41, 5.74) is 1.22. The third kappa shape index (κ3) is 6.25. The van der Waals surface area contributed by atoms with Crippen molar-refractivity contribution >= 4 is 0 Å². The zero-order chi connectivity index (χ0) is 13.3. The molecule has 0 rings (SSSR count). The maximum absolute atomic E-state index is 12.6. The SMILES string of the molecule is C=C/C=C\C(=C/C=C)C(C)CC(C)C(C)CF. The third-order valence-corrected chi connectivity index (χ3v) is 3.24. The summed E-state index contributed by atoms with van der Waals surface area (Å²) in [5, 5.41) is 0. The van der Waals surface area contributed by atoms with Crippen LogP contribution in [-0.2, 0) is 0 Å². The zero-order valence-electron chi connectivity index (χ0n) is 11.3. The van der Waals surface area contributed by atoms with E-state index in [-0.39, 0.29) is 12.6 Å². The van der Waals surface area contributed by atoms with E-state index < -0.39 is 0 Å². The van der Waals surface area contributed by atoms with Crippen LogP contribution in [0.2, 0.25) is 0 Å². The molecular formula is C16H25F. The van der Waals surface area contributed by atoms with Crippen molar-refractivity contribution < 1.29 is 4.39 Å². The molecule has 0 nitrogen and oxygen atoms in total. The summed E-state index contributed by atoms with van der Waals surface area (Å²) in [6.45, 7) is 13.4. The van der Waals surface area contributed by atoms with Gasteiger partial charge in [-0.1, -0.05) is 64.3 Å². The van der Waals surface area contributed by atoms with Gasteiger partial charge in [0, 0.05) is 0 Å². The molecule has 0 aromatic carbocycles. The maximum atomic E-state index is 12.6. The average molecular weight is 236 g/mol. The van der Waals surface area contributed by atoms with Gasteiger partial charge in [-0.05, 0) is 29.7 Å². The zero-order valence-corrected chi connectivity index (χ0v) is 11.3. The van der Waals surface area contributed by atoms with Gasteiger partial charge in [0.2, 0.25) is 0 Å². The molecule has 0 heterocycles. The van der Waals surface area contributed by atoms with E-state index in [1.54, 1.807) is 12.2 Å². The van der Waals surface area contributed by atoms with E-state index >= 15 is 0 Å². The molecule has 17 heavy (non-hydrogen) atoms. The molecule has 0 amide bonds. The second-order valence-corrected chi connectivity index (χ2v) is 4.74. The number of alkyl halides is 1. The van der Waals surface area contributed by atoms with Crippen molar-refractivity contribution in [2.24, 2.45) is 17.8 Å². The standard InChI is InChI=1S/C16H25F/c1-6-8-10-16(9-7-2)14(4)11-13(3)15(5)12-17/h6-10,13-15H,1-2,11-12H2,3-5H3/b10-8-,16-9+. The Morgan fingerprint density at radius 3 is 2.24 bits per heavy atom. The van der Waals surface area contributed by atoms with E-state index in [0.717, 1.165) is 6.42 Å². The summed E-state index contributed by atoms with van der Waals surface area (Å²) < 4.78 is 12.6. The molecule has 0 fully saturated rings. The molecular weight excluding hydrogens is 211 g/mol. The highest BCUT2D eigenvalue weighted by molar-refractivity contribution is 5.27. The Morgan fingerprint density at radius 1 is 1.12 bits per heavy atom. The van der Waals surface area contributed by atoms with Crippen molar-refractivity contribution in [2.45, 2.75) is 27.2 Å². The number of hydrogen-bond donors (Lipinski definition) is 0. The minimum Gasteiger partial charge on any atom is -0.251 e. The summed E-state index contributed by atoms with van der Waals surface area (Å²) in [7, 11) is 0. The summed E-state index contributed by atoms with van der Waals surface area (Å²) in [5.74, 6) is 0.930. The predicted octanol–water partition coefficient (Wildman–Crippen LogP) is 5.11. The molecule has 0 aliphatic carbocycles. The molecule has 0 saturated carbocycles. The van der Waals surface area contributed by atoms with Gasteiger partial charge < -0.3 is 0 Å².